The molecule has 8 heteroatoms. The van der Waals surface area contributed by atoms with Gasteiger partial charge in [0.2, 0.25) is 11.7 Å². The van der Waals surface area contributed by atoms with Crippen LogP contribution in [-0.4, -0.2) is 45.2 Å². The molecule has 0 aliphatic carbocycles. The fourth-order valence-corrected chi connectivity index (χ4v) is 3.12. The van der Waals surface area contributed by atoms with Crippen LogP contribution in [0.1, 0.15) is 44.2 Å². The summed E-state index contributed by atoms with van der Waals surface area (Å²) < 4.78 is 5.30. The summed E-state index contributed by atoms with van der Waals surface area (Å²) in [6, 6.07) is 7.13. The first-order valence-corrected chi connectivity index (χ1v) is 9.19. The summed E-state index contributed by atoms with van der Waals surface area (Å²) in [5, 5.41) is 15.9. The van der Waals surface area contributed by atoms with Gasteiger partial charge in [0, 0.05) is 18.7 Å². The second-order valence-corrected chi connectivity index (χ2v) is 6.80. The van der Waals surface area contributed by atoms with Gasteiger partial charge in [-0.3, -0.25) is 4.79 Å². The first-order valence-electron chi connectivity index (χ1n) is 9.19. The van der Waals surface area contributed by atoms with Crippen molar-refractivity contribution >= 4 is 12.0 Å². The average molecular weight is 372 g/mol. The molecule has 0 spiro atoms. The molecule has 1 saturated heterocycles. The smallest absolute Gasteiger partial charge is 0.318 e. The molecule has 2 heterocycles. The van der Waals surface area contributed by atoms with Gasteiger partial charge in [-0.05, 0) is 31.7 Å². The van der Waals surface area contributed by atoms with E-state index in [0.29, 0.717) is 31.1 Å². The number of aromatic nitrogens is 2. The summed E-state index contributed by atoms with van der Waals surface area (Å²) in [5.41, 5.74) is 2.07. The molecular weight excluding hydrogens is 348 g/mol. The largest absolute Gasteiger partial charge is 0.481 e. The Bertz CT molecular complexity index is 802. The second kappa shape index (κ2) is 8.20. The lowest BCUT2D eigenvalue weighted by molar-refractivity contribution is -0.143. The number of carboxylic acids is 1. The molecule has 27 heavy (non-hydrogen) atoms. The lowest BCUT2D eigenvalue weighted by Gasteiger charge is -2.31. The van der Waals surface area contributed by atoms with Gasteiger partial charge in [-0.1, -0.05) is 36.3 Å². The molecule has 1 aliphatic rings. The van der Waals surface area contributed by atoms with Crippen molar-refractivity contribution in [3.8, 4) is 11.4 Å². The monoisotopic (exact) mass is 372 g/mol. The standard InChI is InChI=1S/C19H24N4O4/c1-3-13-6-8-14(9-7-13)16-21-17(27-22-16)12(2)20-19(26)23-10-4-5-15(11-23)18(24)25/h6-9,12,15H,3-5,10-11H2,1-2H3,(H,20,26)(H,24,25). The third-order valence-corrected chi connectivity index (χ3v) is 4.83. The van der Waals surface area contributed by atoms with Gasteiger partial charge in [-0.25, -0.2) is 4.79 Å². The van der Waals surface area contributed by atoms with Crippen molar-refractivity contribution in [2.75, 3.05) is 13.1 Å². The third-order valence-electron chi connectivity index (χ3n) is 4.83. The van der Waals surface area contributed by atoms with Crippen LogP contribution < -0.4 is 5.32 Å². The molecule has 144 valence electrons. The number of piperidine rings is 1. The van der Waals surface area contributed by atoms with E-state index < -0.39 is 17.9 Å². The molecule has 8 nitrogen and oxygen atoms in total. The Morgan fingerprint density at radius 1 is 1.37 bits per heavy atom. The summed E-state index contributed by atoms with van der Waals surface area (Å²) >= 11 is 0. The number of benzene rings is 1. The van der Waals surface area contributed by atoms with Crippen molar-refractivity contribution in [1.29, 1.82) is 0 Å². The lowest BCUT2D eigenvalue weighted by Crippen LogP contribution is -2.47. The van der Waals surface area contributed by atoms with E-state index in [9.17, 15) is 9.59 Å². The maximum atomic E-state index is 12.4. The number of likely N-dealkylation sites (tertiary alicyclic amines) is 1. The normalized spacial score (nSPS) is 18.1. The van der Waals surface area contributed by atoms with Gasteiger partial charge in [0.25, 0.3) is 0 Å². The highest BCUT2D eigenvalue weighted by molar-refractivity contribution is 5.76. The number of carbonyl (C=O) groups excluding carboxylic acids is 1. The Labute approximate surface area is 157 Å². The molecule has 1 aromatic carbocycles. The van der Waals surface area contributed by atoms with Gasteiger partial charge in [0.05, 0.1) is 5.92 Å². The Hall–Kier alpha value is -2.90. The third kappa shape index (κ3) is 4.45. The highest BCUT2D eigenvalue weighted by Crippen LogP contribution is 2.21. The Balaban J connectivity index is 1.62. The van der Waals surface area contributed by atoms with Crippen LogP contribution in [0.3, 0.4) is 0 Å². The Morgan fingerprint density at radius 3 is 2.78 bits per heavy atom. The number of aliphatic carboxylic acids is 1. The van der Waals surface area contributed by atoms with Crippen LogP contribution in [0.15, 0.2) is 28.8 Å². The van der Waals surface area contributed by atoms with Gasteiger partial charge in [0.15, 0.2) is 0 Å². The number of rotatable bonds is 5. The highest BCUT2D eigenvalue weighted by atomic mass is 16.5. The molecule has 1 fully saturated rings. The van der Waals surface area contributed by atoms with Crippen molar-refractivity contribution in [3.63, 3.8) is 0 Å². The summed E-state index contributed by atoms with van der Waals surface area (Å²) in [4.78, 5) is 29.5. The van der Waals surface area contributed by atoms with Gasteiger partial charge in [0.1, 0.15) is 6.04 Å². The van der Waals surface area contributed by atoms with E-state index in [2.05, 4.69) is 22.4 Å². The van der Waals surface area contributed by atoms with E-state index in [-0.39, 0.29) is 12.6 Å². The fraction of sp³-hybridized carbons (Fsp3) is 0.474. The zero-order valence-electron chi connectivity index (χ0n) is 15.5. The van der Waals surface area contributed by atoms with Crippen molar-refractivity contribution in [2.45, 2.75) is 39.2 Å². The van der Waals surface area contributed by atoms with Gasteiger partial charge < -0.3 is 19.8 Å². The minimum absolute atomic E-state index is 0.215. The van der Waals surface area contributed by atoms with E-state index in [0.717, 1.165) is 12.0 Å². The van der Waals surface area contributed by atoms with Crippen LogP contribution in [0.25, 0.3) is 11.4 Å². The van der Waals surface area contributed by atoms with Crippen LogP contribution in [0.2, 0.25) is 0 Å². The molecule has 2 aromatic rings. The van der Waals surface area contributed by atoms with Crippen LogP contribution in [-0.2, 0) is 11.2 Å². The fourth-order valence-electron chi connectivity index (χ4n) is 3.12. The minimum Gasteiger partial charge on any atom is -0.481 e. The number of carboxylic acid groups (broad SMARTS) is 1. The van der Waals surface area contributed by atoms with Crippen molar-refractivity contribution in [2.24, 2.45) is 5.92 Å². The topological polar surface area (TPSA) is 109 Å². The molecule has 1 aromatic heterocycles. The van der Waals surface area contributed by atoms with E-state index in [4.69, 9.17) is 9.63 Å². The maximum Gasteiger partial charge on any atom is 0.318 e. The number of nitrogens with one attached hydrogen (secondary N) is 1. The van der Waals surface area contributed by atoms with Gasteiger partial charge in [-0.2, -0.15) is 4.98 Å². The molecule has 0 saturated carbocycles. The van der Waals surface area contributed by atoms with E-state index in [1.165, 1.54) is 10.5 Å². The second-order valence-electron chi connectivity index (χ2n) is 6.80. The van der Waals surface area contributed by atoms with Gasteiger partial charge >= 0.3 is 12.0 Å². The summed E-state index contributed by atoms with van der Waals surface area (Å²) in [6.45, 7) is 4.61. The van der Waals surface area contributed by atoms with E-state index >= 15 is 0 Å². The molecule has 3 rings (SSSR count). The predicted molar refractivity (Wildman–Crippen MR) is 98.0 cm³/mol. The van der Waals surface area contributed by atoms with Crippen molar-refractivity contribution < 1.29 is 19.2 Å². The first-order chi connectivity index (χ1) is 13.0. The number of hydrogen-bond donors (Lipinski definition) is 2. The lowest BCUT2D eigenvalue weighted by atomic mass is 9.99. The Kier molecular flexibility index (Phi) is 5.73. The maximum absolute atomic E-state index is 12.4. The molecule has 2 N–H and O–H groups in total. The van der Waals surface area contributed by atoms with E-state index in [1.54, 1.807) is 6.92 Å². The zero-order valence-corrected chi connectivity index (χ0v) is 15.5. The van der Waals surface area contributed by atoms with Gasteiger partial charge in [-0.15, -0.1) is 0 Å². The highest BCUT2D eigenvalue weighted by Gasteiger charge is 2.29. The van der Waals surface area contributed by atoms with Crippen LogP contribution in [0.5, 0.6) is 0 Å². The number of nitrogens with zero attached hydrogens (tertiary/aromatic N) is 3. The number of aryl methyl sites for hydroxylation is 1. The average Bonchev–Trinajstić information content (AvgIpc) is 3.18. The summed E-state index contributed by atoms with van der Waals surface area (Å²) in [6.07, 6.45) is 2.23. The van der Waals surface area contributed by atoms with Crippen molar-refractivity contribution in [1.82, 2.24) is 20.4 Å². The number of amides is 2. The molecule has 2 amide bonds. The SMILES string of the molecule is CCc1ccc(-c2noc(C(C)NC(=O)N3CCCC(C(=O)O)C3)n2)cc1. The molecule has 2 atom stereocenters. The van der Waals surface area contributed by atoms with Crippen molar-refractivity contribution in [3.05, 3.63) is 35.7 Å². The predicted octanol–water partition coefficient (Wildman–Crippen LogP) is 2.87. The molecule has 0 radical (unpaired) electrons. The number of carbonyl (C=O) groups is 2. The quantitative estimate of drug-likeness (QED) is 0.835. The number of urea groups is 1. The molecule has 0 bridgehead atoms. The summed E-state index contributed by atoms with van der Waals surface area (Å²) in [7, 11) is 0. The van der Waals surface area contributed by atoms with Crippen LogP contribution >= 0.6 is 0 Å². The van der Waals surface area contributed by atoms with E-state index in [1.807, 2.05) is 24.3 Å². The zero-order chi connectivity index (χ0) is 19.4. The van der Waals surface area contributed by atoms with Crippen LogP contribution in [0, 0.1) is 5.92 Å². The van der Waals surface area contributed by atoms with Crippen LogP contribution in [0.4, 0.5) is 4.79 Å². The summed E-state index contributed by atoms with van der Waals surface area (Å²) in [5.74, 6) is -0.598. The molecule has 1 aliphatic heterocycles. The Morgan fingerprint density at radius 2 is 2.11 bits per heavy atom. The number of hydrogen-bond acceptors (Lipinski definition) is 5. The minimum atomic E-state index is -0.865. The molecular formula is C19H24N4O4. The molecule has 2 unspecified atom stereocenters. The first kappa shape index (κ1) is 18.9.